The number of H-pyrrole nitrogens is 1. The number of anilines is 2. The van der Waals surface area contributed by atoms with E-state index in [1.54, 1.807) is 6.20 Å². The van der Waals surface area contributed by atoms with E-state index >= 15 is 0 Å². The average Bonchev–Trinajstić information content (AvgIpc) is 3.13. The van der Waals surface area contributed by atoms with Crippen LogP contribution in [-0.4, -0.2) is 21.6 Å². The number of benzene rings is 2. The highest BCUT2D eigenvalue weighted by Gasteiger charge is 2.26. The highest BCUT2D eigenvalue weighted by atomic mass is 32.2. The topological polar surface area (TPSA) is 69.2 Å². The van der Waals surface area contributed by atoms with Gasteiger partial charge in [-0.05, 0) is 85.5 Å². The molecule has 2 aromatic heterocycles. The van der Waals surface area contributed by atoms with Gasteiger partial charge in [0.2, 0.25) is 0 Å². The molecular weight excluding hydrogens is 478 g/mol. The number of nitrogens with zero attached hydrogens (tertiary/aromatic N) is 2. The Morgan fingerprint density at radius 1 is 1.08 bits per heavy atom. The molecule has 0 unspecified atom stereocenters. The third kappa shape index (κ3) is 5.30. The number of aryl methyl sites for hydroxylation is 3. The number of hydrogen-bond acceptors (Lipinski definition) is 5. The second-order valence-corrected chi connectivity index (χ2v) is 10.7. The highest BCUT2D eigenvalue weighted by molar-refractivity contribution is 7.99. The van der Waals surface area contributed by atoms with Crippen LogP contribution in [0.1, 0.15) is 49.4 Å². The molecule has 0 amide bonds. The predicted molar refractivity (Wildman–Crippen MR) is 152 cm³/mol. The Kier molecular flexibility index (Phi) is 7.65. The van der Waals surface area contributed by atoms with Crippen LogP contribution in [0, 0.1) is 6.92 Å². The summed E-state index contributed by atoms with van der Waals surface area (Å²) in [5.41, 5.74) is 7.06. The maximum Gasteiger partial charge on any atom is 0.266 e. The third-order valence-electron chi connectivity index (χ3n) is 7.01. The van der Waals surface area contributed by atoms with E-state index in [2.05, 4.69) is 52.1 Å². The summed E-state index contributed by atoms with van der Waals surface area (Å²) >= 11 is 1.31. The van der Waals surface area contributed by atoms with Gasteiger partial charge in [0.15, 0.2) is 5.75 Å². The van der Waals surface area contributed by atoms with Gasteiger partial charge in [0.05, 0.1) is 0 Å². The molecule has 0 radical (unpaired) electrons. The molecule has 1 aliphatic rings. The van der Waals surface area contributed by atoms with Crippen LogP contribution >= 0.6 is 11.8 Å². The van der Waals surface area contributed by atoms with Crippen LogP contribution in [0.25, 0.3) is 11.1 Å². The van der Waals surface area contributed by atoms with Gasteiger partial charge in [-0.25, -0.2) is 0 Å². The Morgan fingerprint density at radius 2 is 1.89 bits per heavy atom. The lowest BCUT2D eigenvalue weighted by atomic mass is 10.0. The van der Waals surface area contributed by atoms with Crippen molar-refractivity contribution in [2.24, 2.45) is 0 Å². The second kappa shape index (κ2) is 11.3. The molecule has 5 rings (SSSR count). The number of rotatable bonds is 7. The Morgan fingerprint density at radius 3 is 2.68 bits per heavy atom. The van der Waals surface area contributed by atoms with Gasteiger partial charge in [-0.2, -0.15) is 0 Å². The molecule has 0 atom stereocenters. The molecule has 2 N–H and O–H groups in total. The number of nitrogens with one attached hydrogen (secondary N) is 1. The summed E-state index contributed by atoms with van der Waals surface area (Å²) in [6, 6.07) is 18.5. The fourth-order valence-electron chi connectivity index (χ4n) is 5.07. The number of unbranched alkanes of at least 4 members (excludes halogenated alkanes) is 1. The van der Waals surface area contributed by atoms with Crippen molar-refractivity contribution in [2.45, 2.75) is 62.2 Å². The maximum atomic E-state index is 13.2. The van der Waals surface area contributed by atoms with E-state index in [1.807, 2.05) is 37.4 Å². The molecule has 190 valence electrons. The zero-order valence-electron chi connectivity index (χ0n) is 21.5. The van der Waals surface area contributed by atoms with Crippen molar-refractivity contribution in [3.63, 3.8) is 0 Å². The predicted octanol–water partition coefficient (Wildman–Crippen LogP) is 7.42. The molecule has 2 aromatic carbocycles. The van der Waals surface area contributed by atoms with Gasteiger partial charge >= 0.3 is 0 Å². The minimum absolute atomic E-state index is 0.0746. The molecule has 1 aliphatic heterocycles. The van der Waals surface area contributed by atoms with E-state index < -0.39 is 0 Å². The number of aromatic hydroxyl groups is 1. The Labute approximate surface area is 222 Å². The minimum atomic E-state index is -0.241. The molecule has 37 heavy (non-hydrogen) atoms. The molecule has 3 heterocycles. The van der Waals surface area contributed by atoms with Gasteiger partial charge in [0, 0.05) is 35.2 Å². The third-order valence-corrected chi connectivity index (χ3v) is 8.10. The first kappa shape index (κ1) is 25.2. The molecule has 6 heteroatoms. The van der Waals surface area contributed by atoms with E-state index in [-0.39, 0.29) is 11.3 Å². The smallest absolute Gasteiger partial charge is 0.266 e. The summed E-state index contributed by atoms with van der Waals surface area (Å²) in [6.45, 7) is 4.99. The first-order chi connectivity index (χ1) is 18.1. The van der Waals surface area contributed by atoms with E-state index in [9.17, 15) is 9.90 Å². The van der Waals surface area contributed by atoms with Crippen LogP contribution in [-0.2, 0) is 12.8 Å². The van der Waals surface area contributed by atoms with Crippen LogP contribution in [0.4, 0.5) is 11.4 Å². The standard InChI is InChI=1S/C31H33N3O2S/c1-3-4-11-26-28(34-19-8-7-10-23-9-5-6-12-27(23)34)29(35)30(31(36)33-26)37-24-15-13-22(14-16-24)25-17-18-32-20-21(25)2/h5-6,9,12-18,20H,3-4,7-8,10-11,19H2,1-2H3,(H2,33,35,36). The summed E-state index contributed by atoms with van der Waals surface area (Å²) in [5, 5.41) is 11.7. The Hall–Kier alpha value is -3.51. The van der Waals surface area contributed by atoms with Gasteiger partial charge in [-0.1, -0.05) is 55.4 Å². The highest BCUT2D eigenvalue weighted by Crippen LogP contribution is 2.44. The fraction of sp³-hybridized carbons (Fsp3) is 0.290. The number of pyridine rings is 2. The fourth-order valence-corrected chi connectivity index (χ4v) is 5.92. The zero-order chi connectivity index (χ0) is 25.8. The quantitative estimate of drug-likeness (QED) is 0.270. The minimum Gasteiger partial charge on any atom is -0.504 e. The maximum absolute atomic E-state index is 13.2. The van der Waals surface area contributed by atoms with Crippen molar-refractivity contribution >= 4 is 23.1 Å². The molecular formula is C31H33N3O2S. The molecule has 0 saturated heterocycles. The molecule has 0 saturated carbocycles. The summed E-state index contributed by atoms with van der Waals surface area (Å²) in [5.74, 6) is 0.0746. The van der Waals surface area contributed by atoms with Crippen molar-refractivity contribution < 1.29 is 5.11 Å². The molecule has 0 spiro atoms. The van der Waals surface area contributed by atoms with Gasteiger partial charge in [0.1, 0.15) is 10.6 Å². The average molecular weight is 512 g/mol. The summed E-state index contributed by atoms with van der Waals surface area (Å²) in [6.07, 6.45) is 9.48. The van der Waals surface area contributed by atoms with Crippen molar-refractivity contribution in [2.75, 3.05) is 11.4 Å². The van der Waals surface area contributed by atoms with Crippen LogP contribution in [0.15, 0.2) is 81.6 Å². The monoisotopic (exact) mass is 511 g/mol. The number of fused-ring (bicyclic) bond motifs is 1. The second-order valence-electron chi connectivity index (χ2n) is 9.62. The van der Waals surface area contributed by atoms with Gasteiger partial charge in [-0.15, -0.1) is 0 Å². The summed E-state index contributed by atoms with van der Waals surface area (Å²) in [7, 11) is 0. The molecule has 0 aliphatic carbocycles. The summed E-state index contributed by atoms with van der Waals surface area (Å²) < 4.78 is 0. The largest absolute Gasteiger partial charge is 0.504 e. The van der Waals surface area contributed by atoms with E-state index in [4.69, 9.17) is 0 Å². The lowest BCUT2D eigenvalue weighted by Crippen LogP contribution is -2.23. The summed E-state index contributed by atoms with van der Waals surface area (Å²) in [4.78, 5) is 24.0. The van der Waals surface area contributed by atoms with Crippen LogP contribution in [0.5, 0.6) is 5.75 Å². The van der Waals surface area contributed by atoms with Crippen molar-refractivity contribution in [3.8, 4) is 16.9 Å². The number of aromatic amines is 1. The first-order valence-electron chi connectivity index (χ1n) is 13.1. The Balaban J connectivity index is 1.55. The van der Waals surface area contributed by atoms with E-state index in [1.165, 1.54) is 17.3 Å². The molecule has 0 fully saturated rings. The SMILES string of the molecule is CCCCc1[nH]c(=O)c(Sc2ccc(-c3ccncc3C)cc2)c(O)c1N1CCCCc2ccccc21. The van der Waals surface area contributed by atoms with Crippen molar-refractivity contribution in [1.29, 1.82) is 0 Å². The van der Waals surface area contributed by atoms with Gasteiger partial charge in [0.25, 0.3) is 5.56 Å². The molecule has 4 aromatic rings. The normalized spacial score (nSPS) is 13.3. The Bertz CT molecular complexity index is 1450. The van der Waals surface area contributed by atoms with Crippen LogP contribution in [0.3, 0.4) is 0 Å². The number of para-hydroxylation sites is 1. The van der Waals surface area contributed by atoms with Crippen LogP contribution < -0.4 is 10.5 Å². The number of hydrogen-bond donors (Lipinski definition) is 2. The zero-order valence-corrected chi connectivity index (χ0v) is 22.3. The van der Waals surface area contributed by atoms with Crippen LogP contribution in [0.2, 0.25) is 0 Å². The van der Waals surface area contributed by atoms with Crippen molar-refractivity contribution in [1.82, 2.24) is 9.97 Å². The molecule has 0 bridgehead atoms. The molecule has 5 nitrogen and oxygen atoms in total. The first-order valence-corrected chi connectivity index (χ1v) is 13.9. The van der Waals surface area contributed by atoms with E-state index in [0.717, 1.165) is 83.7 Å². The van der Waals surface area contributed by atoms with Gasteiger partial charge in [-0.3, -0.25) is 9.78 Å². The van der Waals surface area contributed by atoms with Gasteiger partial charge < -0.3 is 15.0 Å². The lowest BCUT2D eigenvalue weighted by Gasteiger charge is -2.28. The number of aromatic nitrogens is 2. The lowest BCUT2D eigenvalue weighted by molar-refractivity contribution is 0.458. The van der Waals surface area contributed by atoms with Crippen molar-refractivity contribution in [3.05, 3.63) is 94.2 Å². The van der Waals surface area contributed by atoms with E-state index in [0.29, 0.717) is 4.90 Å².